The molecule has 2 aliphatic rings. The molecule has 1 fully saturated rings. The summed E-state index contributed by atoms with van der Waals surface area (Å²) in [6.45, 7) is 3.99. The smallest absolute Gasteiger partial charge is 0.266 e. The maximum atomic E-state index is 13.1. The van der Waals surface area contributed by atoms with Crippen LogP contribution in [0, 0.1) is 0 Å². The van der Waals surface area contributed by atoms with E-state index in [-0.39, 0.29) is 5.91 Å². The minimum absolute atomic E-state index is 0.0885. The highest BCUT2D eigenvalue weighted by atomic mass is 16.5. The second kappa shape index (κ2) is 6.75. The van der Waals surface area contributed by atoms with Crippen LogP contribution in [0.4, 0.5) is 5.82 Å². The van der Waals surface area contributed by atoms with E-state index in [0.29, 0.717) is 68.8 Å². The third kappa shape index (κ3) is 2.90. The van der Waals surface area contributed by atoms with Crippen LogP contribution >= 0.6 is 0 Å². The van der Waals surface area contributed by atoms with Crippen molar-refractivity contribution in [3.63, 3.8) is 0 Å². The van der Waals surface area contributed by atoms with Gasteiger partial charge in [0.05, 0.1) is 31.5 Å². The van der Waals surface area contributed by atoms with Gasteiger partial charge in [-0.1, -0.05) is 0 Å². The molecule has 136 valence electrons. The number of carbonyl (C=O) groups excluding carboxylic acids is 2. The molecule has 0 aliphatic carbocycles. The fraction of sp³-hybridized carbons (Fsp3) is 0.412. The minimum atomic E-state index is -0.509. The summed E-state index contributed by atoms with van der Waals surface area (Å²) in [4.78, 5) is 37.0. The lowest BCUT2D eigenvalue weighted by molar-refractivity contribution is 0.0705. The van der Waals surface area contributed by atoms with Gasteiger partial charge in [0.2, 0.25) is 0 Å². The summed E-state index contributed by atoms with van der Waals surface area (Å²) in [5.74, 6) is 0.752. The van der Waals surface area contributed by atoms with Crippen LogP contribution in [0.5, 0.6) is 0 Å². The van der Waals surface area contributed by atoms with Crippen LogP contribution < -0.4 is 10.6 Å². The maximum absolute atomic E-state index is 13.1. The highest BCUT2D eigenvalue weighted by Crippen LogP contribution is 2.23. The number of hydrogen-bond donors (Lipinski definition) is 1. The van der Waals surface area contributed by atoms with Gasteiger partial charge < -0.3 is 24.8 Å². The van der Waals surface area contributed by atoms with Gasteiger partial charge in [0.25, 0.3) is 11.8 Å². The first kappa shape index (κ1) is 16.5. The Labute approximate surface area is 150 Å². The molecule has 4 heterocycles. The van der Waals surface area contributed by atoms with E-state index < -0.39 is 5.91 Å². The quantitative estimate of drug-likeness (QED) is 0.821. The molecule has 0 saturated carbocycles. The van der Waals surface area contributed by atoms with Crippen molar-refractivity contribution >= 4 is 17.6 Å². The lowest BCUT2D eigenvalue weighted by Gasteiger charge is -2.32. The third-order valence-electron chi connectivity index (χ3n) is 4.73. The maximum Gasteiger partial charge on any atom is 0.266 e. The fourth-order valence-electron chi connectivity index (χ4n) is 3.39. The van der Waals surface area contributed by atoms with E-state index in [1.54, 1.807) is 27.8 Å². The molecule has 9 heteroatoms. The molecule has 1 saturated heterocycles. The van der Waals surface area contributed by atoms with E-state index in [9.17, 15) is 9.59 Å². The Morgan fingerprint density at radius 2 is 1.92 bits per heavy atom. The van der Waals surface area contributed by atoms with Crippen molar-refractivity contribution in [2.45, 2.75) is 13.1 Å². The van der Waals surface area contributed by atoms with Crippen LogP contribution in [-0.4, -0.2) is 64.1 Å². The van der Waals surface area contributed by atoms with Crippen LogP contribution in [0.3, 0.4) is 0 Å². The second-order valence-corrected chi connectivity index (χ2v) is 6.28. The molecule has 0 unspecified atom stereocenters. The van der Waals surface area contributed by atoms with Gasteiger partial charge in [0, 0.05) is 32.4 Å². The highest BCUT2D eigenvalue weighted by molar-refractivity contribution is 5.99. The Balaban J connectivity index is 1.58. The molecule has 26 heavy (non-hydrogen) atoms. The van der Waals surface area contributed by atoms with Crippen LogP contribution in [-0.2, 0) is 17.8 Å². The Bertz CT molecular complexity index is 843. The normalized spacial score (nSPS) is 17.1. The summed E-state index contributed by atoms with van der Waals surface area (Å²) in [5, 5.41) is 0. The Hall–Kier alpha value is -2.94. The van der Waals surface area contributed by atoms with E-state index in [0.717, 1.165) is 0 Å². The third-order valence-corrected chi connectivity index (χ3v) is 4.73. The molecule has 2 aromatic heterocycles. The molecular formula is C17H20N6O3. The standard InChI is InChI=1S/C17H20N6O3/c18-15(24)13-10-20-14-11-22(4-5-23(13)14)17(25)12-2-1-3-19-16(12)21-6-8-26-9-7-21/h1-3,10H,4-9,11H2,(H2,18,24). The minimum Gasteiger partial charge on any atom is -0.378 e. The number of hydrogen-bond acceptors (Lipinski definition) is 6. The highest BCUT2D eigenvalue weighted by Gasteiger charge is 2.28. The summed E-state index contributed by atoms with van der Waals surface area (Å²) >= 11 is 0. The van der Waals surface area contributed by atoms with E-state index in [2.05, 4.69) is 14.9 Å². The molecule has 0 bridgehead atoms. The topological polar surface area (TPSA) is 107 Å². The molecule has 0 spiro atoms. The van der Waals surface area contributed by atoms with Crippen molar-refractivity contribution in [3.8, 4) is 0 Å². The number of amides is 2. The van der Waals surface area contributed by atoms with Crippen molar-refractivity contribution in [1.82, 2.24) is 19.4 Å². The number of imidazole rings is 1. The van der Waals surface area contributed by atoms with Gasteiger partial charge in [-0.05, 0) is 12.1 Å². The number of nitrogens with two attached hydrogens (primary N) is 1. The van der Waals surface area contributed by atoms with Gasteiger partial charge in [-0.25, -0.2) is 9.97 Å². The number of carbonyl (C=O) groups is 2. The van der Waals surface area contributed by atoms with Gasteiger partial charge >= 0.3 is 0 Å². The van der Waals surface area contributed by atoms with Gasteiger partial charge in [0.15, 0.2) is 0 Å². The summed E-state index contributed by atoms with van der Waals surface area (Å²) in [7, 11) is 0. The van der Waals surface area contributed by atoms with Crippen molar-refractivity contribution in [1.29, 1.82) is 0 Å². The van der Waals surface area contributed by atoms with Crippen molar-refractivity contribution < 1.29 is 14.3 Å². The summed E-state index contributed by atoms with van der Waals surface area (Å²) in [6.07, 6.45) is 3.17. The van der Waals surface area contributed by atoms with Crippen LogP contribution in [0.1, 0.15) is 26.7 Å². The predicted octanol–water partition coefficient (Wildman–Crippen LogP) is -0.130. The van der Waals surface area contributed by atoms with Crippen molar-refractivity contribution in [2.24, 2.45) is 5.73 Å². The number of rotatable bonds is 3. The second-order valence-electron chi connectivity index (χ2n) is 6.28. The fourth-order valence-corrected chi connectivity index (χ4v) is 3.39. The van der Waals surface area contributed by atoms with E-state index in [1.807, 2.05) is 0 Å². The average molecular weight is 356 g/mol. The number of morpholine rings is 1. The monoisotopic (exact) mass is 356 g/mol. The molecule has 2 N–H and O–H groups in total. The molecule has 0 aromatic carbocycles. The number of primary amides is 1. The number of anilines is 1. The summed E-state index contributed by atoms with van der Waals surface area (Å²) in [5.41, 5.74) is 6.32. The molecule has 9 nitrogen and oxygen atoms in total. The van der Waals surface area contributed by atoms with Gasteiger partial charge in [-0.2, -0.15) is 0 Å². The van der Waals surface area contributed by atoms with E-state index >= 15 is 0 Å². The van der Waals surface area contributed by atoms with Gasteiger partial charge in [-0.3, -0.25) is 9.59 Å². The Kier molecular flexibility index (Phi) is 4.29. The number of ether oxygens (including phenoxy) is 1. The van der Waals surface area contributed by atoms with Crippen LogP contribution in [0.25, 0.3) is 0 Å². The summed E-state index contributed by atoms with van der Waals surface area (Å²) in [6, 6.07) is 3.57. The SMILES string of the molecule is NC(=O)c1cnc2n1CCN(C(=O)c1cccnc1N1CCOCC1)C2. The lowest BCUT2D eigenvalue weighted by atomic mass is 10.2. The Morgan fingerprint density at radius 3 is 2.69 bits per heavy atom. The first-order valence-corrected chi connectivity index (χ1v) is 8.56. The molecule has 2 aliphatic heterocycles. The van der Waals surface area contributed by atoms with Crippen LogP contribution in [0.15, 0.2) is 24.5 Å². The average Bonchev–Trinajstić information content (AvgIpc) is 3.11. The van der Waals surface area contributed by atoms with E-state index in [1.165, 1.54) is 6.20 Å². The number of fused-ring (bicyclic) bond motifs is 1. The van der Waals surface area contributed by atoms with Crippen molar-refractivity contribution in [3.05, 3.63) is 41.6 Å². The molecule has 2 aromatic rings. The Morgan fingerprint density at radius 1 is 1.12 bits per heavy atom. The molecule has 2 amide bonds. The molecular weight excluding hydrogens is 336 g/mol. The van der Waals surface area contributed by atoms with Gasteiger partial charge in [0.1, 0.15) is 17.3 Å². The molecule has 0 atom stereocenters. The van der Waals surface area contributed by atoms with Crippen molar-refractivity contribution in [2.75, 3.05) is 37.7 Å². The predicted molar refractivity (Wildman–Crippen MR) is 92.8 cm³/mol. The molecule has 0 radical (unpaired) electrons. The largest absolute Gasteiger partial charge is 0.378 e. The first-order chi connectivity index (χ1) is 12.6. The zero-order valence-electron chi connectivity index (χ0n) is 14.3. The van der Waals surface area contributed by atoms with Gasteiger partial charge in [-0.15, -0.1) is 0 Å². The number of pyridine rings is 1. The zero-order valence-corrected chi connectivity index (χ0v) is 14.3. The summed E-state index contributed by atoms with van der Waals surface area (Å²) < 4.78 is 7.16. The van der Waals surface area contributed by atoms with E-state index in [4.69, 9.17) is 10.5 Å². The zero-order chi connectivity index (χ0) is 18.1. The first-order valence-electron chi connectivity index (χ1n) is 8.56. The lowest BCUT2D eigenvalue weighted by Crippen LogP contribution is -2.41. The van der Waals surface area contributed by atoms with Crippen LogP contribution in [0.2, 0.25) is 0 Å². The number of aromatic nitrogens is 3. The number of nitrogens with zero attached hydrogens (tertiary/aromatic N) is 5. The molecule has 4 rings (SSSR count).